The molecule has 1 saturated heterocycles. The molecule has 106 valence electrons. The summed E-state index contributed by atoms with van der Waals surface area (Å²) >= 11 is 1.50. The van der Waals surface area contributed by atoms with Crippen LogP contribution in [0.2, 0.25) is 0 Å². The minimum atomic E-state index is -0.480. The van der Waals surface area contributed by atoms with Gasteiger partial charge in [0.05, 0.1) is 22.2 Å². The summed E-state index contributed by atoms with van der Waals surface area (Å²) in [7, 11) is 1.63. The van der Waals surface area contributed by atoms with Gasteiger partial charge in [-0.05, 0) is 25.1 Å². The van der Waals surface area contributed by atoms with Crippen LogP contribution in [0.25, 0.3) is 10.2 Å². The van der Waals surface area contributed by atoms with Crippen molar-refractivity contribution in [2.75, 3.05) is 32.1 Å². The van der Waals surface area contributed by atoms with E-state index in [0.717, 1.165) is 23.2 Å². The van der Waals surface area contributed by atoms with Crippen LogP contribution in [0.3, 0.4) is 0 Å². The van der Waals surface area contributed by atoms with Gasteiger partial charge in [-0.15, -0.1) is 0 Å². The fourth-order valence-corrected chi connectivity index (χ4v) is 3.42. The lowest BCUT2D eigenvalue weighted by Crippen LogP contribution is -2.41. The Balaban J connectivity index is 1.80. The fourth-order valence-electron chi connectivity index (χ4n) is 2.56. The molecule has 1 aliphatic heterocycles. The molecule has 1 aromatic heterocycles. The molecule has 1 amide bonds. The monoisotopic (exact) mass is 291 g/mol. The molecule has 3 rings (SSSR count). The van der Waals surface area contributed by atoms with Crippen LogP contribution < -0.4 is 10.6 Å². The van der Waals surface area contributed by atoms with Gasteiger partial charge in [0, 0.05) is 13.7 Å². The van der Waals surface area contributed by atoms with E-state index in [4.69, 9.17) is 4.74 Å². The first-order valence-electron chi connectivity index (χ1n) is 6.60. The SMILES string of the molecule is COCC1(C(=O)Nc2nc3ccccc3s2)CCNC1. The summed E-state index contributed by atoms with van der Waals surface area (Å²) in [5, 5.41) is 6.83. The molecule has 5 nitrogen and oxygen atoms in total. The number of rotatable bonds is 4. The molecule has 20 heavy (non-hydrogen) atoms. The molecule has 2 aromatic rings. The predicted molar refractivity (Wildman–Crippen MR) is 80.0 cm³/mol. The lowest BCUT2D eigenvalue weighted by molar-refractivity contribution is -0.127. The normalized spacial score (nSPS) is 22.2. The number of nitrogens with zero attached hydrogens (tertiary/aromatic N) is 1. The number of amides is 1. The summed E-state index contributed by atoms with van der Waals surface area (Å²) in [6.45, 7) is 1.92. The standard InChI is InChI=1S/C14H17N3O2S/c1-19-9-14(6-7-15-8-14)12(18)17-13-16-10-4-2-3-5-11(10)20-13/h2-5,15H,6-9H2,1H3,(H,16,17,18). The maximum atomic E-state index is 12.5. The van der Waals surface area contributed by atoms with Gasteiger partial charge < -0.3 is 15.4 Å². The molecule has 0 bridgehead atoms. The highest BCUT2D eigenvalue weighted by Crippen LogP contribution is 2.30. The molecule has 1 unspecified atom stereocenters. The van der Waals surface area contributed by atoms with Crippen molar-refractivity contribution < 1.29 is 9.53 Å². The van der Waals surface area contributed by atoms with Crippen molar-refractivity contribution in [2.45, 2.75) is 6.42 Å². The van der Waals surface area contributed by atoms with Gasteiger partial charge in [0.2, 0.25) is 5.91 Å². The lowest BCUT2D eigenvalue weighted by atomic mass is 9.87. The number of anilines is 1. The second kappa shape index (κ2) is 5.47. The first-order chi connectivity index (χ1) is 9.73. The molecule has 0 saturated carbocycles. The van der Waals surface area contributed by atoms with Crippen molar-refractivity contribution in [2.24, 2.45) is 5.41 Å². The maximum absolute atomic E-state index is 12.5. The highest BCUT2D eigenvalue weighted by molar-refractivity contribution is 7.22. The van der Waals surface area contributed by atoms with Gasteiger partial charge in [0.1, 0.15) is 0 Å². The van der Waals surface area contributed by atoms with E-state index in [2.05, 4.69) is 15.6 Å². The number of benzene rings is 1. The van der Waals surface area contributed by atoms with Crippen LogP contribution in [0.5, 0.6) is 0 Å². The molecule has 0 aliphatic carbocycles. The van der Waals surface area contributed by atoms with Crippen molar-refractivity contribution >= 4 is 32.6 Å². The summed E-state index contributed by atoms with van der Waals surface area (Å²) in [4.78, 5) is 17.0. The van der Waals surface area contributed by atoms with Gasteiger partial charge in [0.15, 0.2) is 5.13 Å². The number of fused-ring (bicyclic) bond motifs is 1. The number of carbonyl (C=O) groups excluding carboxylic acids is 1. The largest absolute Gasteiger partial charge is 0.384 e. The fraction of sp³-hybridized carbons (Fsp3) is 0.429. The minimum Gasteiger partial charge on any atom is -0.384 e. The highest BCUT2D eigenvalue weighted by atomic mass is 32.1. The Bertz CT molecular complexity index is 587. The molecule has 0 spiro atoms. The van der Waals surface area contributed by atoms with E-state index in [-0.39, 0.29) is 5.91 Å². The average molecular weight is 291 g/mol. The van der Waals surface area contributed by atoms with Crippen LogP contribution in [-0.2, 0) is 9.53 Å². The van der Waals surface area contributed by atoms with E-state index in [1.165, 1.54) is 11.3 Å². The van der Waals surface area contributed by atoms with E-state index in [1.54, 1.807) is 7.11 Å². The summed E-state index contributed by atoms with van der Waals surface area (Å²) in [6.07, 6.45) is 0.789. The molecule has 2 heterocycles. The first-order valence-corrected chi connectivity index (χ1v) is 7.42. The summed E-state index contributed by atoms with van der Waals surface area (Å²) < 4.78 is 6.31. The minimum absolute atomic E-state index is 0.0107. The topological polar surface area (TPSA) is 63.2 Å². The first kappa shape index (κ1) is 13.5. The predicted octanol–water partition coefficient (Wildman–Crippen LogP) is 1.86. The number of ether oxygens (including phenoxy) is 1. The lowest BCUT2D eigenvalue weighted by Gasteiger charge is -2.25. The molecule has 6 heteroatoms. The maximum Gasteiger partial charge on any atom is 0.236 e. The van der Waals surface area contributed by atoms with Gasteiger partial charge in [-0.25, -0.2) is 4.98 Å². The van der Waals surface area contributed by atoms with Crippen LogP contribution in [0.15, 0.2) is 24.3 Å². The third kappa shape index (κ3) is 2.42. The Morgan fingerprint density at radius 2 is 2.40 bits per heavy atom. The molecule has 1 aromatic carbocycles. The number of methoxy groups -OCH3 is 1. The van der Waals surface area contributed by atoms with E-state index in [9.17, 15) is 4.79 Å². The van der Waals surface area contributed by atoms with Crippen molar-refractivity contribution in [3.8, 4) is 0 Å². The Kier molecular flexibility index (Phi) is 3.69. The Morgan fingerprint density at radius 3 is 3.10 bits per heavy atom. The van der Waals surface area contributed by atoms with Crippen LogP contribution in [0.4, 0.5) is 5.13 Å². The Morgan fingerprint density at radius 1 is 1.55 bits per heavy atom. The quantitative estimate of drug-likeness (QED) is 0.902. The van der Waals surface area contributed by atoms with Crippen LogP contribution in [0, 0.1) is 5.41 Å². The number of carbonyl (C=O) groups is 1. The number of para-hydroxylation sites is 1. The highest BCUT2D eigenvalue weighted by Gasteiger charge is 2.41. The van der Waals surface area contributed by atoms with Gasteiger partial charge in [-0.1, -0.05) is 23.5 Å². The number of hydrogen-bond donors (Lipinski definition) is 2. The zero-order valence-corrected chi connectivity index (χ0v) is 12.1. The number of nitrogens with one attached hydrogen (secondary N) is 2. The van der Waals surface area contributed by atoms with Gasteiger partial charge in [-0.2, -0.15) is 0 Å². The summed E-state index contributed by atoms with van der Waals surface area (Å²) in [5.41, 5.74) is 0.435. The smallest absolute Gasteiger partial charge is 0.236 e. The number of aromatic nitrogens is 1. The van der Waals surface area contributed by atoms with E-state index in [0.29, 0.717) is 18.3 Å². The summed E-state index contributed by atoms with van der Waals surface area (Å²) in [6, 6.07) is 7.87. The van der Waals surface area contributed by atoms with E-state index >= 15 is 0 Å². The zero-order valence-electron chi connectivity index (χ0n) is 11.3. The Labute approximate surface area is 121 Å². The second-order valence-corrected chi connectivity index (χ2v) is 6.11. The third-order valence-corrected chi connectivity index (χ3v) is 4.61. The van der Waals surface area contributed by atoms with Crippen LogP contribution in [0.1, 0.15) is 6.42 Å². The average Bonchev–Trinajstić information content (AvgIpc) is 3.05. The van der Waals surface area contributed by atoms with Crippen molar-refractivity contribution in [1.82, 2.24) is 10.3 Å². The van der Waals surface area contributed by atoms with Gasteiger partial charge in [-0.3, -0.25) is 4.79 Å². The molecular formula is C14H17N3O2S. The summed E-state index contributed by atoms with van der Waals surface area (Å²) in [5.74, 6) is -0.0107. The second-order valence-electron chi connectivity index (χ2n) is 5.08. The molecule has 1 aliphatic rings. The van der Waals surface area contributed by atoms with Crippen LogP contribution >= 0.6 is 11.3 Å². The number of thiazole rings is 1. The Hall–Kier alpha value is -1.50. The van der Waals surface area contributed by atoms with Crippen molar-refractivity contribution in [3.05, 3.63) is 24.3 Å². The molecule has 2 N–H and O–H groups in total. The molecular weight excluding hydrogens is 274 g/mol. The van der Waals surface area contributed by atoms with E-state index < -0.39 is 5.41 Å². The third-order valence-electron chi connectivity index (χ3n) is 3.66. The number of hydrogen-bond acceptors (Lipinski definition) is 5. The van der Waals surface area contributed by atoms with Crippen LogP contribution in [-0.4, -0.2) is 37.7 Å². The van der Waals surface area contributed by atoms with Crippen molar-refractivity contribution in [1.29, 1.82) is 0 Å². The zero-order chi connectivity index (χ0) is 14.0. The van der Waals surface area contributed by atoms with Gasteiger partial charge in [0.25, 0.3) is 0 Å². The molecule has 1 atom stereocenters. The van der Waals surface area contributed by atoms with Gasteiger partial charge >= 0.3 is 0 Å². The molecule has 1 fully saturated rings. The van der Waals surface area contributed by atoms with E-state index in [1.807, 2.05) is 24.3 Å². The molecule has 0 radical (unpaired) electrons. The van der Waals surface area contributed by atoms with Crippen molar-refractivity contribution in [3.63, 3.8) is 0 Å².